The second-order valence-corrected chi connectivity index (χ2v) is 5.31. The number of benzene rings is 1. The summed E-state index contributed by atoms with van der Waals surface area (Å²) in [6, 6.07) is 10.9. The van der Waals surface area contributed by atoms with Crippen LogP contribution < -0.4 is 10.5 Å². The van der Waals surface area contributed by atoms with Crippen LogP contribution >= 0.6 is 0 Å². The van der Waals surface area contributed by atoms with E-state index in [0.717, 1.165) is 0 Å². The van der Waals surface area contributed by atoms with Crippen LogP contribution in [0.2, 0.25) is 0 Å². The smallest absolute Gasteiger partial charge is 0.264 e. The first-order valence-electron chi connectivity index (χ1n) is 5.27. The lowest BCUT2D eigenvalue weighted by atomic mass is 10.2. The minimum Gasteiger partial charge on any atom is -0.396 e. The molecule has 0 unspecified atom stereocenters. The predicted octanol–water partition coefficient (Wildman–Crippen LogP) is 1.34. The fourth-order valence-electron chi connectivity index (χ4n) is 1.48. The van der Waals surface area contributed by atoms with Gasteiger partial charge in [-0.3, -0.25) is 4.72 Å². The molecule has 1 aromatic heterocycles. The van der Waals surface area contributed by atoms with Crippen molar-refractivity contribution in [3.05, 3.63) is 48.2 Å². The summed E-state index contributed by atoms with van der Waals surface area (Å²) in [5, 5.41) is 8.92. The standard InChI is InChI=1S/C12H10N4O2S/c13-8-9-4-1-2-6-11(9)19(17,18)16-12-10(14)5-3-7-15-12/h1-7H,14H2,(H,15,16). The van der Waals surface area contributed by atoms with Crippen molar-refractivity contribution in [3.8, 4) is 6.07 Å². The number of aromatic nitrogens is 1. The maximum Gasteiger partial charge on any atom is 0.264 e. The third kappa shape index (κ3) is 2.64. The molecule has 0 atom stereocenters. The summed E-state index contributed by atoms with van der Waals surface area (Å²) >= 11 is 0. The van der Waals surface area contributed by atoms with Crippen molar-refractivity contribution < 1.29 is 8.42 Å². The van der Waals surface area contributed by atoms with E-state index in [2.05, 4.69) is 9.71 Å². The van der Waals surface area contributed by atoms with Crippen molar-refractivity contribution >= 4 is 21.5 Å². The zero-order valence-electron chi connectivity index (χ0n) is 9.74. The van der Waals surface area contributed by atoms with Crippen LogP contribution in [0.4, 0.5) is 11.5 Å². The van der Waals surface area contributed by atoms with E-state index in [4.69, 9.17) is 11.0 Å². The number of hydrogen-bond acceptors (Lipinski definition) is 5. The van der Waals surface area contributed by atoms with Gasteiger partial charge in [-0.25, -0.2) is 13.4 Å². The molecule has 0 aliphatic heterocycles. The lowest BCUT2D eigenvalue weighted by molar-refractivity contribution is 0.601. The third-order valence-electron chi connectivity index (χ3n) is 2.37. The van der Waals surface area contributed by atoms with E-state index < -0.39 is 10.0 Å². The second kappa shape index (κ2) is 4.96. The Morgan fingerprint density at radius 3 is 2.63 bits per heavy atom. The highest BCUT2D eigenvalue weighted by Gasteiger charge is 2.19. The molecule has 2 aromatic rings. The van der Waals surface area contributed by atoms with Crippen molar-refractivity contribution in [2.24, 2.45) is 0 Å². The number of sulfonamides is 1. The van der Waals surface area contributed by atoms with Crippen molar-refractivity contribution in [1.82, 2.24) is 4.98 Å². The fourth-order valence-corrected chi connectivity index (χ4v) is 2.67. The van der Waals surface area contributed by atoms with Crippen molar-refractivity contribution in [3.63, 3.8) is 0 Å². The number of rotatable bonds is 3. The van der Waals surface area contributed by atoms with E-state index in [9.17, 15) is 8.42 Å². The quantitative estimate of drug-likeness (QED) is 0.877. The van der Waals surface area contributed by atoms with Crippen LogP contribution in [-0.4, -0.2) is 13.4 Å². The molecular formula is C12H10N4O2S. The lowest BCUT2D eigenvalue weighted by Crippen LogP contribution is -2.16. The fraction of sp³-hybridized carbons (Fsp3) is 0. The normalized spacial score (nSPS) is 10.7. The number of nitrogens with two attached hydrogens (primary N) is 1. The van der Waals surface area contributed by atoms with Crippen molar-refractivity contribution in [1.29, 1.82) is 5.26 Å². The molecule has 96 valence electrons. The number of nitrogen functional groups attached to an aromatic ring is 1. The molecule has 0 radical (unpaired) electrons. The molecule has 1 aromatic carbocycles. The summed E-state index contributed by atoms with van der Waals surface area (Å²) in [6.07, 6.45) is 1.42. The molecule has 0 aliphatic rings. The third-order valence-corrected chi connectivity index (χ3v) is 3.76. The van der Waals surface area contributed by atoms with E-state index in [1.165, 1.54) is 30.5 Å². The monoisotopic (exact) mass is 274 g/mol. The van der Waals surface area contributed by atoms with E-state index in [0.29, 0.717) is 0 Å². The highest BCUT2D eigenvalue weighted by molar-refractivity contribution is 7.92. The maximum atomic E-state index is 12.2. The predicted molar refractivity (Wildman–Crippen MR) is 70.6 cm³/mol. The topological polar surface area (TPSA) is 109 Å². The van der Waals surface area contributed by atoms with Gasteiger partial charge in [0.15, 0.2) is 5.82 Å². The molecule has 0 bridgehead atoms. The van der Waals surface area contributed by atoms with Gasteiger partial charge in [0.2, 0.25) is 0 Å². The molecule has 6 nitrogen and oxygen atoms in total. The Labute approximate surface area is 110 Å². The number of nitrogens with zero attached hydrogens (tertiary/aromatic N) is 2. The highest BCUT2D eigenvalue weighted by Crippen LogP contribution is 2.21. The molecule has 0 saturated heterocycles. The van der Waals surface area contributed by atoms with Crippen LogP contribution in [0.3, 0.4) is 0 Å². The van der Waals surface area contributed by atoms with Gasteiger partial charge >= 0.3 is 0 Å². The Morgan fingerprint density at radius 2 is 1.95 bits per heavy atom. The van der Waals surface area contributed by atoms with Gasteiger partial charge in [-0.05, 0) is 24.3 Å². The van der Waals surface area contributed by atoms with Crippen LogP contribution in [0.15, 0.2) is 47.5 Å². The van der Waals surface area contributed by atoms with E-state index in [1.54, 1.807) is 12.1 Å². The summed E-state index contributed by atoms with van der Waals surface area (Å²) in [7, 11) is -3.89. The van der Waals surface area contributed by atoms with Gasteiger partial charge < -0.3 is 5.73 Å². The molecule has 0 fully saturated rings. The largest absolute Gasteiger partial charge is 0.396 e. The molecule has 0 aliphatic carbocycles. The SMILES string of the molecule is N#Cc1ccccc1S(=O)(=O)Nc1ncccc1N. The molecule has 2 rings (SSSR count). The first kappa shape index (κ1) is 12.9. The molecule has 0 amide bonds. The van der Waals surface area contributed by atoms with Crippen LogP contribution in [0.25, 0.3) is 0 Å². The number of nitrogens with one attached hydrogen (secondary N) is 1. The van der Waals surface area contributed by atoms with Crippen LogP contribution in [-0.2, 0) is 10.0 Å². The minimum atomic E-state index is -3.89. The molecule has 3 N–H and O–H groups in total. The van der Waals surface area contributed by atoms with E-state index >= 15 is 0 Å². The highest BCUT2D eigenvalue weighted by atomic mass is 32.2. The van der Waals surface area contributed by atoms with Gasteiger partial charge in [0.05, 0.1) is 11.3 Å². The van der Waals surface area contributed by atoms with E-state index in [1.807, 2.05) is 6.07 Å². The second-order valence-electron chi connectivity index (χ2n) is 3.65. The summed E-state index contributed by atoms with van der Waals surface area (Å²) in [6.45, 7) is 0. The van der Waals surface area contributed by atoms with Gasteiger partial charge in [-0.2, -0.15) is 5.26 Å². The summed E-state index contributed by atoms with van der Waals surface area (Å²) in [4.78, 5) is 3.74. The Bertz CT molecular complexity index is 750. The molecule has 19 heavy (non-hydrogen) atoms. The molecular weight excluding hydrogens is 264 g/mol. The lowest BCUT2D eigenvalue weighted by Gasteiger charge is -2.09. The first-order valence-corrected chi connectivity index (χ1v) is 6.75. The van der Waals surface area contributed by atoms with Crippen molar-refractivity contribution in [2.45, 2.75) is 4.90 Å². The van der Waals surface area contributed by atoms with Crippen LogP contribution in [0.1, 0.15) is 5.56 Å². The first-order chi connectivity index (χ1) is 9.04. The summed E-state index contributed by atoms with van der Waals surface area (Å²) in [5.74, 6) is 0.0373. The Kier molecular flexibility index (Phi) is 3.35. The molecule has 0 spiro atoms. The molecule has 0 saturated carbocycles. The molecule has 7 heteroatoms. The van der Waals surface area contributed by atoms with Crippen molar-refractivity contribution in [2.75, 3.05) is 10.5 Å². The minimum absolute atomic E-state index is 0.0373. The summed E-state index contributed by atoms with van der Waals surface area (Å²) in [5.41, 5.74) is 5.89. The summed E-state index contributed by atoms with van der Waals surface area (Å²) < 4.78 is 26.6. The Morgan fingerprint density at radius 1 is 1.21 bits per heavy atom. The van der Waals surface area contributed by atoms with Gasteiger partial charge in [-0.1, -0.05) is 12.1 Å². The van der Waals surface area contributed by atoms with Crippen LogP contribution in [0, 0.1) is 11.3 Å². The zero-order valence-corrected chi connectivity index (χ0v) is 10.6. The van der Waals surface area contributed by atoms with Gasteiger partial charge in [0.25, 0.3) is 10.0 Å². The Hall–Kier alpha value is -2.59. The molecule has 1 heterocycles. The van der Waals surface area contributed by atoms with Gasteiger partial charge in [0.1, 0.15) is 11.0 Å². The zero-order chi connectivity index (χ0) is 13.9. The number of hydrogen-bond donors (Lipinski definition) is 2. The number of nitriles is 1. The van der Waals surface area contributed by atoms with Crippen LogP contribution in [0.5, 0.6) is 0 Å². The average Bonchev–Trinajstić information content (AvgIpc) is 2.41. The number of anilines is 2. The average molecular weight is 274 g/mol. The maximum absolute atomic E-state index is 12.2. The van der Waals surface area contributed by atoms with Gasteiger partial charge in [-0.15, -0.1) is 0 Å². The number of pyridine rings is 1. The van der Waals surface area contributed by atoms with E-state index in [-0.39, 0.29) is 22.0 Å². The Balaban J connectivity index is 2.45. The van der Waals surface area contributed by atoms with Gasteiger partial charge in [0, 0.05) is 6.20 Å².